The molecule has 0 saturated heterocycles. The van der Waals surface area contributed by atoms with Gasteiger partial charge in [-0.05, 0) is 35.6 Å². The summed E-state index contributed by atoms with van der Waals surface area (Å²) in [6.07, 6.45) is -2.45. The van der Waals surface area contributed by atoms with Crippen LogP contribution in [0.25, 0.3) is 17.2 Å². The fourth-order valence-electron chi connectivity index (χ4n) is 1.94. The molecule has 0 amide bonds. The van der Waals surface area contributed by atoms with Crippen LogP contribution < -0.4 is 0 Å². The van der Waals surface area contributed by atoms with Gasteiger partial charge in [-0.25, -0.2) is 4.98 Å². The third-order valence-electron chi connectivity index (χ3n) is 2.89. The van der Waals surface area contributed by atoms with E-state index in [0.717, 1.165) is 6.20 Å². The Morgan fingerprint density at radius 3 is 2.68 bits per heavy atom. The first kappa shape index (κ1) is 15.4. The van der Waals surface area contributed by atoms with E-state index >= 15 is 0 Å². The molecule has 0 bridgehead atoms. The van der Waals surface area contributed by atoms with Crippen molar-refractivity contribution in [3.05, 3.63) is 38.4 Å². The monoisotopic (exact) mass is 439 g/mol. The molecule has 0 unspecified atom stereocenters. The maximum absolute atomic E-state index is 12.9. The van der Waals surface area contributed by atoms with E-state index in [2.05, 4.69) is 20.1 Å². The SMILES string of the molecule is Cc1cc(-c2ncc(C(F)(F)F)c(I)c2Cl)n2ncnc2n1. The molecule has 5 nitrogen and oxygen atoms in total. The Labute approximate surface area is 140 Å². The molecule has 0 fully saturated rings. The minimum Gasteiger partial charge on any atom is -0.252 e. The number of aryl methyl sites for hydroxylation is 1. The lowest BCUT2D eigenvalue weighted by atomic mass is 10.2. The van der Waals surface area contributed by atoms with Crippen LogP contribution >= 0.6 is 34.2 Å². The van der Waals surface area contributed by atoms with Gasteiger partial charge in [0.15, 0.2) is 0 Å². The molecule has 0 spiro atoms. The molecule has 10 heteroatoms. The number of aromatic nitrogens is 5. The fourth-order valence-corrected chi connectivity index (χ4v) is 2.89. The molecule has 0 radical (unpaired) electrons. The van der Waals surface area contributed by atoms with Crippen LogP contribution in [-0.2, 0) is 6.18 Å². The van der Waals surface area contributed by atoms with Crippen molar-refractivity contribution >= 4 is 40.0 Å². The van der Waals surface area contributed by atoms with Crippen LogP contribution in [0.5, 0.6) is 0 Å². The van der Waals surface area contributed by atoms with E-state index in [0.29, 0.717) is 17.2 Å². The van der Waals surface area contributed by atoms with E-state index in [1.165, 1.54) is 10.8 Å². The van der Waals surface area contributed by atoms with E-state index in [9.17, 15) is 13.2 Å². The van der Waals surface area contributed by atoms with E-state index < -0.39 is 11.7 Å². The largest absolute Gasteiger partial charge is 0.418 e. The fraction of sp³-hybridized carbons (Fsp3) is 0.167. The van der Waals surface area contributed by atoms with Gasteiger partial charge in [0.05, 0.1) is 16.3 Å². The lowest BCUT2D eigenvalue weighted by Gasteiger charge is -2.13. The number of hydrogen-bond donors (Lipinski definition) is 0. The highest BCUT2D eigenvalue weighted by Crippen LogP contribution is 2.38. The molecule has 114 valence electrons. The van der Waals surface area contributed by atoms with E-state index in [-0.39, 0.29) is 14.3 Å². The molecule has 3 aromatic heterocycles. The maximum Gasteiger partial charge on any atom is 0.418 e. The second-order valence-corrected chi connectivity index (χ2v) is 5.86. The summed E-state index contributed by atoms with van der Waals surface area (Å²) < 4.78 is 39.9. The molecule has 0 aliphatic heterocycles. The third-order valence-corrected chi connectivity index (χ3v) is 4.70. The minimum atomic E-state index is -4.51. The maximum atomic E-state index is 12.9. The van der Waals surface area contributed by atoms with E-state index in [1.54, 1.807) is 35.6 Å². The molecule has 0 N–H and O–H groups in total. The summed E-state index contributed by atoms with van der Waals surface area (Å²) in [6, 6.07) is 1.64. The third kappa shape index (κ3) is 2.51. The van der Waals surface area contributed by atoms with Gasteiger partial charge < -0.3 is 0 Å². The van der Waals surface area contributed by atoms with Gasteiger partial charge in [0.1, 0.15) is 12.0 Å². The number of halogens is 5. The number of alkyl halides is 3. The molecular weight excluding hydrogens is 434 g/mol. The highest BCUT2D eigenvalue weighted by molar-refractivity contribution is 14.1. The quantitative estimate of drug-likeness (QED) is 0.542. The molecule has 0 aromatic carbocycles. The molecule has 0 aliphatic carbocycles. The van der Waals surface area contributed by atoms with Gasteiger partial charge in [-0.3, -0.25) is 4.98 Å². The second-order valence-electron chi connectivity index (χ2n) is 4.40. The summed E-state index contributed by atoms with van der Waals surface area (Å²) in [5.74, 6) is 0.322. The Balaban J connectivity index is 2.28. The lowest BCUT2D eigenvalue weighted by molar-refractivity contribution is -0.138. The van der Waals surface area contributed by atoms with Crippen molar-refractivity contribution in [1.29, 1.82) is 0 Å². The number of nitrogens with zero attached hydrogens (tertiary/aromatic N) is 5. The Morgan fingerprint density at radius 2 is 2.00 bits per heavy atom. The normalized spacial score (nSPS) is 12.1. The van der Waals surface area contributed by atoms with Crippen molar-refractivity contribution in [2.24, 2.45) is 0 Å². The second kappa shape index (κ2) is 5.30. The minimum absolute atomic E-state index is 0.0853. The molecule has 3 heterocycles. The van der Waals surface area contributed by atoms with Crippen molar-refractivity contribution in [3.63, 3.8) is 0 Å². The number of pyridine rings is 1. The van der Waals surface area contributed by atoms with Gasteiger partial charge >= 0.3 is 6.18 Å². The predicted octanol–water partition coefficient (Wildman–Crippen LogP) is 3.77. The predicted molar refractivity (Wildman–Crippen MR) is 81.5 cm³/mol. The molecule has 0 saturated carbocycles. The van der Waals surface area contributed by atoms with Crippen molar-refractivity contribution in [2.45, 2.75) is 13.1 Å². The molecule has 0 aliphatic rings. The Kier molecular flexibility index (Phi) is 3.71. The number of rotatable bonds is 1. The van der Waals surface area contributed by atoms with Gasteiger partial charge in [-0.15, -0.1) is 0 Å². The molecule has 3 aromatic rings. The van der Waals surface area contributed by atoms with E-state index in [1.807, 2.05) is 0 Å². The zero-order chi connectivity index (χ0) is 16.1. The molecule has 0 atom stereocenters. The van der Waals surface area contributed by atoms with Crippen LogP contribution in [0.3, 0.4) is 0 Å². The van der Waals surface area contributed by atoms with Gasteiger partial charge in [0, 0.05) is 15.5 Å². The first-order chi connectivity index (χ1) is 10.3. The molecule has 22 heavy (non-hydrogen) atoms. The van der Waals surface area contributed by atoms with Gasteiger partial charge in [0.25, 0.3) is 5.78 Å². The zero-order valence-corrected chi connectivity index (χ0v) is 13.8. The van der Waals surface area contributed by atoms with Crippen LogP contribution in [0.1, 0.15) is 11.3 Å². The summed E-state index contributed by atoms with van der Waals surface area (Å²) in [4.78, 5) is 12.0. The Morgan fingerprint density at radius 1 is 1.27 bits per heavy atom. The number of fused-ring (bicyclic) bond motifs is 1. The van der Waals surface area contributed by atoms with Crippen LogP contribution in [-0.4, -0.2) is 24.6 Å². The first-order valence-electron chi connectivity index (χ1n) is 5.88. The summed E-state index contributed by atoms with van der Waals surface area (Å²) >= 11 is 7.67. The summed E-state index contributed by atoms with van der Waals surface area (Å²) in [6.45, 7) is 1.74. The summed E-state index contributed by atoms with van der Waals surface area (Å²) in [5.41, 5.74) is 0.377. The average molecular weight is 440 g/mol. The van der Waals surface area contributed by atoms with Gasteiger partial charge in [-0.2, -0.15) is 27.8 Å². The van der Waals surface area contributed by atoms with Gasteiger partial charge in [0.2, 0.25) is 0 Å². The van der Waals surface area contributed by atoms with Crippen LogP contribution in [0.15, 0.2) is 18.6 Å². The lowest BCUT2D eigenvalue weighted by Crippen LogP contribution is -2.10. The molecule has 3 rings (SSSR count). The zero-order valence-electron chi connectivity index (χ0n) is 10.9. The van der Waals surface area contributed by atoms with Crippen molar-refractivity contribution in [3.8, 4) is 11.4 Å². The van der Waals surface area contributed by atoms with Crippen LogP contribution in [0, 0.1) is 10.5 Å². The number of hydrogen-bond acceptors (Lipinski definition) is 4. The highest BCUT2D eigenvalue weighted by atomic mass is 127. The Bertz CT molecular complexity index is 877. The van der Waals surface area contributed by atoms with Crippen LogP contribution in [0.4, 0.5) is 13.2 Å². The standard InChI is InChI=1S/C12H6ClF3IN5/c1-5-2-7(22-11(21-5)19-4-20-22)10-8(13)9(17)6(3-18-10)12(14,15)16/h2-4H,1H3. The van der Waals surface area contributed by atoms with Crippen molar-refractivity contribution in [1.82, 2.24) is 24.6 Å². The van der Waals surface area contributed by atoms with Gasteiger partial charge in [-0.1, -0.05) is 11.6 Å². The van der Waals surface area contributed by atoms with Crippen LogP contribution in [0.2, 0.25) is 5.02 Å². The smallest absolute Gasteiger partial charge is 0.252 e. The first-order valence-corrected chi connectivity index (χ1v) is 7.33. The van der Waals surface area contributed by atoms with Crippen molar-refractivity contribution in [2.75, 3.05) is 0 Å². The Hall–Kier alpha value is -1.49. The van der Waals surface area contributed by atoms with E-state index in [4.69, 9.17) is 11.6 Å². The van der Waals surface area contributed by atoms with Crippen molar-refractivity contribution < 1.29 is 13.2 Å². The summed E-state index contributed by atoms with van der Waals surface area (Å²) in [5, 5.41) is 3.91. The average Bonchev–Trinajstić information content (AvgIpc) is 2.87. The topological polar surface area (TPSA) is 56.0 Å². The molecular formula is C12H6ClF3IN5. The highest BCUT2D eigenvalue weighted by Gasteiger charge is 2.35. The summed E-state index contributed by atoms with van der Waals surface area (Å²) in [7, 11) is 0.